The number of aliphatic hydroxyl groups is 2. The van der Waals surface area contributed by atoms with Crippen LogP contribution in [0.1, 0.15) is 69.6 Å². The zero-order valence-electron chi connectivity index (χ0n) is 26.2. The molecule has 2 bridgehead atoms. The number of aliphatic hydroxyl groups excluding tert-OH is 2. The molecule has 0 saturated carbocycles. The standard InChI is InChI=1S/C20H24N2O2.C16H23NO2/c1-3-13-12-22-9-7-14(13)10-19(22)20(23)16-6-8-21-18-5-4-15(24-2)11-17(16)18;1-5-11-7-6-8-12-9-14(19-15(11)12)13(18)10-17-16(2,3)4/h3-6,8,11,13-14,19-20,23H,1,7,9-10,12H2,2H3;6-9,13,17-18H,5,10H2,1-4H3/t13-,14-,19+,20-;/m0./s1. The van der Waals surface area contributed by atoms with Crippen LogP contribution >= 0.6 is 0 Å². The Bertz CT molecular complexity index is 1540. The Hall–Kier alpha value is -3.23. The number of ether oxygens (including phenoxy) is 1. The Balaban J connectivity index is 0.000000177. The molecule has 3 aliphatic rings. The lowest BCUT2D eigenvalue weighted by Gasteiger charge is -2.50. The van der Waals surface area contributed by atoms with Crippen molar-refractivity contribution in [2.24, 2.45) is 11.8 Å². The Kier molecular flexibility index (Phi) is 9.57. The van der Waals surface area contributed by atoms with Crippen LogP contribution < -0.4 is 10.1 Å². The van der Waals surface area contributed by atoms with E-state index in [2.05, 4.69) is 61.6 Å². The maximum absolute atomic E-state index is 11.2. The molecule has 0 spiro atoms. The Labute approximate surface area is 255 Å². The number of para-hydroxylation sites is 1. The van der Waals surface area contributed by atoms with Crippen LogP contribution in [0.15, 0.2) is 71.8 Å². The van der Waals surface area contributed by atoms with Crippen molar-refractivity contribution in [3.63, 3.8) is 0 Å². The quantitative estimate of drug-likeness (QED) is 0.201. The zero-order valence-corrected chi connectivity index (χ0v) is 26.2. The van der Waals surface area contributed by atoms with Gasteiger partial charge in [-0.15, -0.1) is 6.58 Å². The number of fused-ring (bicyclic) bond motifs is 5. The van der Waals surface area contributed by atoms with Crippen molar-refractivity contribution >= 4 is 21.9 Å². The number of methoxy groups -OCH3 is 1. The largest absolute Gasteiger partial charge is 0.497 e. The first-order valence-electron chi connectivity index (χ1n) is 15.5. The van der Waals surface area contributed by atoms with Crippen LogP contribution in [-0.4, -0.2) is 58.4 Å². The first kappa shape index (κ1) is 31.2. The summed E-state index contributed by atoms with van der Waals surface area (Å²) in [4.78, 5) is 6.86. The third-order valence-electron chi connectivity index (χ3n) is 9.00. The molecule has 6 atom stereocenters. The summed E-state index contributed by atoms with van der Waals surface area (Å²) in [5.41, 5.74) is 3.91. The highest BCUT2D eigenvalue weighted by Crippen LogP contribution is 2.42. The van der Waals surface area contributed by atoms with Crippen molar-refractivity contribution in [1.82, 2.24) is 15.2 Å². The highest BCUT2D eigenvalue weighted by Gasteiger charge is 2.42. The summed E-state index contributed by atoms with van der Waals surface area (Å²) in [5.74, 6) is 2.64. The minimum atomic E-state index is -0.615. The fraction of sp³-hybridized carbons (Fsp3) is 0.472. The number of benzene rings is 2. The van der Waals surface area contributed by atoms with E-state index in [1.165, 1.54) is 12.0 Å². The molecule has 7 rings (SSSR count). The van der Waals surface area contributed by atoms with E-state index in [1.54, 1.807) is 13.3 Å². The Morgan fingerprint density at radius 2 is 2.00 bits per heavy atom. The number of aryl methyl sites for hydroxylation is 1. The van der Waals surface area contributed by atoms with Gasteiger partial charge < -0.3 is 24.7 Å². The molecule has 3 aliphatic heterocycles. The summed E-state index contributed by atoms with van der Waals surface area (Å²) in [6.45, 7) is 14.9. The lowest BCUT2D eigenvalue weighted by atomic mass is 9.73. The molecule has 2 unspecified atom stereocenters. The van der Waals surface area contributed by atoms with Gasteiger partial charge in [0.25, 0.3) is 0 Å². The van der Waals surface area contributed by atoms with Crippen LogP contribution in [0.4, 0.5) is 0 Å². The topological polar surface area (TPSA) is 91.0 Å². The van der Waals surface area contributed by atoms with Crippen molar-refractivity contribution in [3.05, 3.63) is 84.3 Å². The molecule has 2 aromatic heterocycles. The van der Waals surface area contributed by atoms with Gasteiger partial charge in [-0.2, -0.15) is 0 Å². The van der Waals surface area contributed by atoms with E-state index >= 15 is 0 Å². The fourth-order valence-electron chi connectivity index (χ4n) is 6.53. The van der Waals surface area contributed by atoms with Crippen molar-refractivity contribution in [2.45, 2.75) is 70.7 Å². The average Bonchev–Trinajstić information content (AvgIpc) is 3.47. The van der Waals surface area contributed by atoms with Crippen LogP contribution in [0, 0.1) is 11.8 Å². The van der Waals surface area contributed by atoms with E-state index in [1.807, 2.05) is 42.5 Å². The number of nitrogens with zero attached hydrogens (tertiary/aromatic N) is 2. The second-order valence-corrected chi connectivity index (χ2v) is 13.0. The number of furan rings is 1. The molecule has 0 amide bonds. The van der Waals surface area contributed by atoms with Gasteiger partial charge in [-0.1, -0.05) is 31.2 Å². The summed E-state index contributed by atoms with van der Waals surface area (Å²) in [6, 6.07) is 16.0. The average molecular weight is 586 g/mol. The predicted molar refractivity (Wildman–Crippen MR) is 173 cm³/mol. The fourth-order valence-corrected chi connectivity index (χ4v) is 6.53. The van der Waals surface area contributed by atoms with Crippen molar-refractivity contribution < 1.29 is 19.4 Å². The van der Waals surface area contributed by atoms with Crippen LogP contribution in [0.5, 0.6) is 5.75 Å². The molecule has 2 aromatic carbocycles. The maximum Gasteiger partial charge on any atom is 0.137 e. The minimum absolute atomic E-state index is 0.0123. The Morgan fingerprint density at radius 1 is 1.19 bits per heavy atom. The van der Waals surface area contributed by atoms with Crippen molar-refractivity contribution in [3.8, 4) is 5.75 Å². The first-order chi connectivity index (χ1) is 20.6. The summed E-state index contributed by atoms with van der Waals surface area (Å²) < 4.78 is 11.2. The molecule has 5 heterocycles. The first-order valence-corrected chi connectivity index (χ1v) is 15.5. The molecule has 0 radical (unpaired) electrons. The van der Waals surface area contributed by atoms with E-state index in [9.17, 15) is 10.2 Å². The maximum atomic E-state index is 11.2. The van der Waals surface area contributed by atoms with E-state index in [0.29, 0.717) is 24.1 Å². The summed E-state index contributed by atoms with van der Waals surface area (Å²) in [6.07, 6.45) is 5.94. The minimum Gasteiger partial charge on any atom is -0.497 e. The molecule has 230 valence electrons. The van der Waals surface area contributed by atoms with E-state index in [0.717, 1.165) is 59.1 Å². The Morgan fingerprint density at radius 3 is 2.67 bits per heavy atom. The predicted octanol–water partition coefficient (Wildman–Crippen LogP) is 6.59. The molecule has 7 heteroatoms. The van der Waals surface area contributed by atoms with Crippen molar-refractivity contribution in [2.75, 3.05) is 26.7 Å². The van der Waals surface area contributed by atoms with Crippen LogP contribution in [0.2, 0.25) is 0 Å². The number of nitrogens with one attached hydrogen (secondary N) is 1. The van der Waals surface area contributed by atoms with Crippen LogP contribution in [-0.2, 0) is 6.42 Å². The second kappa shape index (κ2) is 13.2. The molecular weight excluding hydrogens is 538 g/mol. The number of β-amino-alcohol motifs (C(OH)–C–C–N with tert-alkyl or cyclic N) is 1. The van der Waals surface area contributed by atoms with Gasteiger partial charge in [-0.05, 0) is 99.9 Å². The van der Waals surface area contributed by atoms with Crippen molar-refractivity contribution in [1.29, 1.82) is 0 Å². The second-order valence-electron chi connectivity index (χ2n) is 13.0. The molecule has 3 N–H and O–H groups in total. The SMILES string of the molecule is C=C[C@H]1CN2CC[C@H]1C[C@@H]2[C@@H](O)c1ccnc2ccc(OC)cc12.CCc1cccc2cc(C(O)CNC(C)(C)C)oc12. The molecule has 3 saturated heterocycles. The summed E-state index contributed by atoms with van der Waals surface area (Å²) in [5, 5.41) is 26.7. The summed E-state index contributed by atoms with van der Waals surface area (Å²) in [7, 11) is 1.66. The molecule has 4 aromatic rings. The number of piperidine rings is 3. The molecular formula is C36H47N3O4. The van der Waals surface area contributed by atoms with Gasteiger partial charge in [-0.25, -0.2) is 0 Å². The molecule has 0 aliphatic carbocycles. The highest BCUT2D eigenvalue weighted by molar-refractivity contribution is 5.84. The van der Waals surface area contributed by atoms with Crippen LogP contribution in [0.3, 0.4) is 0 Å². The number of aromatic nitrogens is 1. The van der Waals surface area contributed by atoms with Gasteiger partial charge in [0.2, 0.25) is 0 Å². The zero-order chi connectivity index (χ0) is 30.7. The number of hydrogen-bond acceptors (Lipinski definition) is 7. The normalized spacial score (nSPS) is 23.0. The summed E-state index contributed by atoms with van der Waals surface area (Å²) >= 11 is 0. The van der Waals surface area contributed by atoms with Gasteiger partial charge in [0.05, 0.1) is 18.7 Å². The molecule has 3 fully saturated rings. The van der Waals surface area contributed by atoms with Gasteiger partial charge in [-0.3, -0.25) is 9.88 Å². The van der Waals surface area contributed by atoms with E-state index in [-0.39, 0.29) is 11.6 Å². The lowest BCUT2D eigenvalue weighted by Crippen LogP contribution is -2.54. The number of pyridine rings is 1. The molecule has 7 nitrogen and oxygen atoms in total. The molecule has 43 heavy (non-hydrogen) atoms. The van der Waals surface area contributed by atoms with E-state index in [4.69, 9.17) is 9.15 Å². The van der Waals surface area contributed by atoms with Gasteiger partial charge in [0.1, 0.15) is 23.2 Å². The highest BCUT2D eigenvalue weighted by atomic mass is 16.5. The van der Waals surface area contributed by atoms with Gasteiger partial charge in [0, 0.05) is 41.6 Å². The van der Waals surface area contributed by atoms with Gasteiger partial charge in [0.15, 0.2) is 0 Å². The lowest BCUT2D eigenvalue weighted by molar-refractivity contribution is -0.0444. The third kappa shape index (κ3) is 6.96. The number of rotatable bonds is 8. The van der Waals surface area contributed by atoms with Crippen LogP contribution in [0.25, 0.3) is 21.9 Å². The van der Waals surface area contributed by atoms with Gasteiger partial charge >= 0.3 is 0 Å². The number of hydrogen-bond donors (Lipinski definition) is 3. The third-order valence-corrected chi connectivity index (χ3v) is 9.00. The smallest absolute Gasteiger partial charge is 0.137 e. The van der Waals surface area contributed by atoms with E-state index < -0.39 is 12.2 Å². The monoisotopic (exact) mass is 585 g/mol.